The molecule has 1 rings (SSSR count). The monoisotopic (exact) mass is 404 g/mol. The smallest absolute Gasteiger partial charge is 0.407 e. The lowest BCUT2D eigenvalue weighted by atomic mass is 9.95. The Bertz CT molecular complexity index is 530. The van der Waals surface area contributed by atoms with Crippen LogP contribution in [0.1, 0.15) is 34.6 Å². The first kappa shape index (κ1) is 20.1. The molecule has 0 spiro atoms. The van der Waals surface area contributed by atoms with Crippen LogP contribution in [0.15, 0.2) is 22.7 Å². The van der Waals surface area contributed by atoms with Crippen LogP contribution in [0.2, 0.25) is 5.02 Å². The highest BCUT2D eigenvalue weighted by molar-refractivity contribution is 9.10. The first-order chi connectivity index (χ1) is 10.6. The van der Waals surface area contributed by atoms with E-state index in [1.807, 2.05) is 39.0 Å². The lowest BCUT2D eigenvalue weighted by Crippen LogP contribution is -2.38. The van der Waals surface area contributed by atoms with Crippen molar-refractivity contribution >= 4 is 39.3 Å². The molecule has 0 bridgehead atoms. The molecular formula is C17H26BrClN2O2. The van der Waals surface area contributed by atoms with Gasteiger partial charge in [0, 0.05) is 18.8 Å². The second kappa shape index (κ2) is 8.78. The fourth-order valence-electron chi connectivity index (χ4n) is 1.95. The van der Waals surface area contributed by atoms with E-state index in [0.29, 0.717) is 17.5 Å². The van der Waals surface area contributed by atoms with Crippen LogP contribution >= 0.6 is 27.5 Å². The van der Waals surface area contributed by atoms with Crippen molar-refractivity contribution in [2.45, 2.75) is 40.2 Å². The topological polar surface area (TPSA) is 50.4 Å². The van der Waals surface area contributed by atoms with Crippen molar-refractivity contribution in [3.63, 3.8) is 0 Å². The van der Waals surface area contributed by atoms with Gasteiger partial charge in [-0.05, 0) is 60.7 Å². The second-order valence-electron chi connectivity index (χ2n) is 6.87. The summed E-state index contributed by atoms with van der Waals surface area (Å²) < 4.78 is 6.12. The third-order valence-electron chi connectivity index (χ3n) is 3.36. The zero-order chi connectivity index (χ0) is 17.6. The molecule has 0 aliphatic rings. The Labute approximate surface area is 152 Å². The number of hydrogen-bond donors (Lipinski definition) is 2. The van der Waals surface area contributed by atoms with Crippen LogP contribution in [-0.2, 0) is 4.74 Å². The Balaban J connectivity index is 2.56. The van der Waals surface area contributed by atoms with Gasteiger partial charge in [-0.15, -0.1) is 0 Å². The average molecular weight is 406 g/mol. The van der Waals surface area contributed by atoms with Crippen molar-refractivity contribution in [2.75, 3.05) is 18.4 Å². The predicted molar refractivity (Wildman–Crippen MR) is 100 cm³/mol. The first-order valence-electron chi connectivity index (χ1n) is 7.75. The molecule has 0 heterocycles. The van der Waals surface area contributed by atoms with Crippen LogP contribution in [-0.4, -0.2) is 24.8 Å². The van der Waals surface area contributed by atoms with E-state index in [1.54, 1.807) is 0 Å². The Morgan fingerprint density at radius 3 is 2.52 bits per heavy atom. The van der Waals surface area contributed by atoms with Gasteiger partial charge in [-0.1, -0.05) is 31.5 Å². The highest BCUT2D eigenvalue weighted by Gasteiger charge is 2.19. The Kier molecular flexibility index (Phi) is 7.68. The number of anilines is 1. The molecule has 130 valence electrons. The van der Waals surface area contributed by atoms with Gasteiger partial charge < -0.3 is 15.4 Å². The summed E-state index contributed by atoms with van der Waals surface area (Å²) in [6.45, 7) is 11.1. The molecule has 6 heteroatoms. The Hall–Kier alpha value is -0.940. The van der Waals surface area contributed by atoms with Crippen molar-refractivity contribution in [1.29, 1.82) is 0 Å². The minimum Gasteiger partial charge on any atom is -0.444 e. The maximum Gasteiger partial charge on any atom is 0.407 e. The fraction of sp³-hybridized carbons (Fsp3) is 0.588. The number of amides is 1. The lowest BCUT2D eigenvalue weighted by Gasteiger charge is -2.24. The van der Waals surface area contributed by atoms with E-state index < -0.39 is 5.60 Å². The summed E-state index contributed by atoms with van der Waals surface area (Å²) in [7, 11) is 0. The first-order valence-corrected chi connectivity index (χ1v) is 8.92. The molecular weight excluding hydrogens is 380 g/mol. The van der Waals surface area contributed by atoms with Crippen LogP contribution in [0.25, 0.3) is 0 Å². The molecule has 1 unspecified atom stereocenters. The number of hydrogen-bond acceptors (Lipinski definition) is 3. The summed E-state index contributed by atoms with van der Waals surface area (Å²) in [5, 5.41) is 6.90. The molecule has 0 fully saturated rings. The molecule has 2 N–H and O–H groups in total. The van der Waals surface area contributed by atoms with Crippen molar-refractivity contribution in [3.8, 4) is 0 Å². The van der Waals surface area contributed by atoms with Gasteiger partial charge in [0.1, 0.15) is 5.60 Å². The van der Waals surface area contributed by atoms with Crippen LogP contribution in [0.3, 0.4) is 0 Å². The van der Waals surface area contributed by atoms with E-state index in [0.717, 1.165) is 16.7 Å². The maximum absolute atomic E-state index is 11.8. The second-order valence-corrected chi connectivity index (χ2v) is 8.07. The third kappa shape index (κ3) is 7.44. The quantitative estimate of drug-likeness (QED) is 0.674. The molecule has 0 aliphatic heterocycles. The minimum atomic E-state index is -0.485. The molecule has 1 amide bonds. The van der Waals surface area contributed by atoms with E-state index in [4.69, 9.17) is 16.3 Å². The third-order valence-corrected chi connectivity index (χ3v) is 4.75. The van der Waals surface area contributed by atoms with E-state index in [1.165, 1.54) is 0 Å². The highest BCUT2D eigenvalue weighted by Crippen LogP contribution is 2.30. The predicted octanol–water partition coefficient (Wildman–Crippen LogP) is 5.31. The number of alkyl carbamates (subject to hydrolysis) is 1. The standard InChI is InChI=1S/C17H26BrClN2O2/c1-11(2)12(10-21-16(22)23-17(3,4)5)9-20-14-8-6-7-13(19)15(14)18/h6-8,11-12,20H,9-10H2,1-5H3,(H,21,22). The minimum absolute atomic E-state index is 0.272. The van der Waals surface area contributed by atoms with Crippen molar-refractivity contribution < 1.29 is 9.53 Å². The van der Waals surface area contributed by atoms with Crippen LogP contribution in [0, 0.1) is 11.8 Å². The average Bonchev–Trinajstić information content (AvgIpc) is 2.40. The molecule has 0 aromatic heterocycles. The van der Waals surface area contributed by atoms with Crippen LogP contribution in [0.4, 0.5) is 10.5 Å². The summed E-state index contributed by atoms with van der Waals surface area (Å²) in [6, 6.07) is 5.70. The molecule has 23 heavy (non-hydrogen) atoms. The van der Waals surface area contributed by atoms with Gasteiger partial charge >= 0.3 is 6.09 Å². The summed E-state index contributed by atoms with van der Waals surface area (Å²) in [6.07, 6.45) is -0.382. The number of carbonyl (C=O) groups is 1. The Morgan fingerprint density at radius 1 is 1.30 bits per heavy atom. The van der Waals surface area contributed by atoms with Crippen LogP contribution < -0.4 is 10.6 Å². The molecule has 1 atom stereocenters. The molecule has 0 aliphatic carbocycles. The Morgan fingerprint density at radius 2 is 1.96 bits per heavy atom. The van der Waals surface area contributed by atoms with Gasteiger partial charge in [0.2, 0.25) is 0 Å². The van der Waals surface area contributed by atoms with E-state index in [-0.39, 0.29) is 12.0 Å². The van der Waals surface area contributed by atoms with Crippen molar-refractivity contribution in [1.82, 2.24) is 5.32 Å². The van der Waals surface area contributed by atoms with Crippen LogP contribution in [0.5, 0.6) is 0 Å². The van der Waals surface area contributed by atoms with Gasteiger partial charge in [0.25, 0.3) is 0 Å². The molecule has 0 saturated carbocycles. The summed E-state index contributed by atoms with van der Waals surface area (Å²) in [5.41, 5.74) is 0.460. The SMILES string of the molecule is CC(C)C(CNC(=O)OC(C)(C)C)CNc1cccc(Cl)c1Br. The maximum atomic E-state index is 11.8. The molecule has 0 radical (unpaired) electrons. The summed E-state index contributed by atoms with van der Waals surface area (Å²) >= 11 is 9.57. The highest BCUT2D eigenvalue weighted by atomic mass is 79.9. The number of nitrogens with one attached hydrogen (secondary N) is 2. The normalized spacial score (nSPS) is 12.9. The molecule has 0 saturated heterocycles. The van der Waals surface area contributed by atoms with E-state index >= 15 is 0 Å². The lowest BCUT2D eigenvalue weighted by molar-refractivity contribution is 0.0516. The van der Waals surface area contributed by atoms with Gasteiger partial charge in [-0.25, -0.2) is 4.79 Å². The molecule has 1 aromatic rings. The number of rotatable bonds is 6. The van der Waals surface area contributed by atoms with Gasteiger partial charge in [0.05, 0.1) is 9.50 Å². The van der Waals surface area contributed by atoms with E-state index in [9.17, 15) is 4.79 Å². The number of ether oxygens (including phenoxy) is 1. The van der Waals surface area contributed by atoms with Crippen molar-refractivity contribution in [3.05, 3.63) is 27.7 Å². The number of benzene rings is 1. The summed E-state index contributed by atoms with van der Waals surface area (Å²) in [4.78, 5) is 11.8. The zero-order valence-electron chi connectivity index (χ0n) is 14.4. The van der Waals surface area contributed by atoms with Crippen molar-refractivity contribution in [2.24, 2.45) is 11.8 Å². The zero-order valence-corrected chi connectivity index (χ0v) is 16.7. The van der Waals surface area contributed by atoms with Gasteiger partial charge in [-0.3, -0.25) is 0 Å². The fourth-order valence-corrected chi connectivity index (χ4v) is 2.53. The summed E-state index contributed by atoms with van der Waals surface area (Å²) in [5.74, 6) is 0.684. The largest absolute Gasteiger partial charge is 0.444 e. The molecule has 1 aromatic carbocycles. The van der Waals surface area contributed by atoms with E-state index in [2.05, 4.69) is 40.4 Å². The molecule has 4 nitrogen and oxygen atoms in total. The number of halogens is 2. The van der Waals surface area contributed by atoms with Gasteiger partial charge in [0.15, 0.2) is 0 Å². The van der Waals surface area contributed by atoms with Gasteiger partial charge in [-0.2, -0.15) is 0 Å². The number of carbonyl (C=O) groups excluding carboxylic acids is 1.